The number of nitrogens with zero attached hydrogens (tertiary/aromatic N) is 3. The Hall–Kier alpha value is -3.24. The molecule has 5 rings (SSSR count). The van der Waals surface area contributed by atoms with E-state index in [0.717, 1.165) is 24.1 Å². The van der Waals surface area contributed by atoms with Crippen molar-refractivity contribution in [2.45, 2.75) is 38.5 Å². The molecule has 5 heteroatoms. The minimum Gasteiger partial charge on any atom is -0.267 e. The van der Waals surface area contributed by atoms with Crippen LogP contribution in [0.4, 0.5) is 0 Å². The maximum absolute atomic E-state index is 13.4. The number of aromatic nitrogens is 2. The molecule has 4 nitrogen and oxygen atoms in total. The molecule has 1 aliphatic rings. The van der Waals surface area contributed by atoms with Crippen LogP contribution >= 0.6 is 11.6 Å². The summed E-state index contributed by atoms with van der Waals surface area (Å²) in [5.74, 6) is 0.669. The Balaban J connectivity index is 1.74. The van der Waals surface area contributed by atoms with Crippen LogP contribution in [0, 0.1) is 6.92 Å². The zero-order valence-corrected chi connectivity index (χ0v) is 18.9. The van der Waals surface area contributed by atoms with Gasteiger partial charge in [-0.3, -0.25) is 4.79 Å². The zero-order valence-electron chi connectivity index (χ0n) is 18.2. The number of rotatable bonds is 4. The number of halogens is 1. The Morgan fingerprint density at radius 1 is 1.00 bits per heavy atom. The minimum absolute atomic E-state index is 0.124. The molecule has 3 aromatic carbocycles. The fourth-order valence-corrected chi connectivity index (χ4v) is 4.73. The molecule has 1 aliphatic carbocycles. The standard InChI is InChI=1S/C27H24ClN3O/c1-3-25-29-23-7-5-4-6-22(23)26(32)31(25)30-24-16-17-27(24,19-10-8-18(2)9-11-19)20-12-14-21(28)15-13-20/h4-15H,3,16-17H2,1-2H3/b30-24+. The summed E-state index contributed by atoms with van der Waals surface area (Å²) in [6.45, 7) is 4.09. The molecule has 1 heterocycles. The van der Waals surface area contributed by atoms with Crippen molar-refractivity contribution in [3.8, 4) is 0 Å². The van der Waals surface area contributed by atoms with E-state index in [4.69, 9.17) is 21.7 Å². The highest BCUT2D eigenvalue weighted by Crippen LogP contribution is 2.47. The highest BCUT2D eigenvalue weighted by molar-refractivity contribution is 6.30. The first-order valence-electron chi connectivity index (χ1n) is 10.9. The lowest BCUT2D eigenvalue weighted by molar-refractivity contribution is 0.528. The molecule has 0 N–H and O–H groups in total. The lowest BCUT2D eigenvalue weighted by Crippen LogP contribution is -2.47. The average Bonchev–Trinajstić information content (AvgIpc) is 2.80. The molecule has 0 saturated heterocycles. The molecule has 1 fully saturated rings. The Labute approximate surface area is 192 Å². The van der Waals surface area contributed by atoms with Crippen LogP contribution in [0.1, 0.15) is 42.3 Å². The van der Waals surface area contributed by atoms with Gasteiger partial charge in [-0.15, -0.1) is 0 Å². The van der Waals surface area contributed by atoms with Crippen molar-refractivity contribution < 1.29 is 0 Å². The van der Waals surface area contributed by atoms with E-state index >= 15 is 0 Å². The Morgan fingerprint density at radius 2 is 1.66 bits per heavy atom. The quantitative estimate of drug-likeness (QED) is 0.395. The van der Waals surface area contributed by atoms with Gasteiger partial charge in [0.05, 0.1) is 22.0 Å². The van der Waals surface area contributed by atoms with E-state index in [1.165, 1.54) is 15.8 Å². The molecule has 1 unspecified atom stereocenters. The van der Waals surface area contributed by atoms with Crippen LogP contribution in [0.3, 0.4) is 0 Å². The second-order valence-corrected chi connectivity index (χ2v) is 8.78. The lowest BCUT2D eigenvalue weighted by Gasteiger charge is -2.44. The average molecular weight is 442 g/mol. The van der Waals surface area contributed by atoms with Gasteiger partial charge in [0.15, 0.2) is 0 Å². The molecular formula is C27H24ClN3O. The Bertz CT molecular complexity index is 1340. The van der Waals surface area contributed by atoms with E-state index in [1.54, 1.807) is 0 Å². The first kappa shape index (κ1) is 20.7. The fraction of sp³-hybridized carbons (Fsp3) is 0.222. The monoisotopic (exact) mass is 441 g/mol. The van der Waals surface area contributed by atoms with Crippen LogP contribution in [0.2, 0.25) is 5.02 Å². The predicted molar refractivity (Wildman–Crippen MR) is 131 cm³/mol. The van der Waals surface area contributed by atoms with Gasteiger partial charge in [-0.05, 0) is 55.2 Å². The van der Waals surface area contributed by atoms with Crippen molar-refractivity contribution in [1.82, 2.24) is 9.66 Å². The second-order valence-electron chi connectivity index (χ2n) is 8.34. The number of fused-ring (bicyclic) bond motifs is 1. The van der Waals surface area contributed by atoms with Crippen molar-refractivity contribution in [2.75, 3.05) is 0 Å². The van der Waals surface area contributed by atoms with E-state index < -0.39 is 0 Å². The van der Waals surface area contributed by atoms with Crippen LogP contribution in [0.5, 0.6) is 0 Å². The lowest BCUT2D eigenvalue weighted by atomic mass is 9.59. The maximum atomic E-state index is 13.4. The van der Waals surface area contributed by atoms with Gasteiger partial charge in [0.1, 0.15) is 5.82 Å². The third-order valence-corrected chi connectivity index (χ3v) is 6.72. The number of aryl methyl sites for hydroxylation is 2. The molecule has 160 valence electrons. The molecule has 0 amide bonds. The number of benzene rings is 3. The van der Waals surface area contributed by atoms with E-state index in [2.05, 4.69) is 43.3 Å². The summed E-state index contributed by atoms with van der Waals surface area (Å²) in [7, 11) is 0. The zero-order chi connectivity index (χ0) is 22.3. The van der Waals surface area contributed by atoms with E-state index in [1.807, 2.05) is 43.3 Å². The van der Waals surface area contributed by atoms with Crippen LogP contribution < -0.4 is 5.56 Å². The van der Waals surface area contributed by atoms with Crippen LogP contribution in [0.25, 0.3) is 10.9 Å². The van der Waals surface area contributed by atoms with E-state index in [-0.39, 0.29) is 11.0 Å². The molecular weight excluding hydrogens is 418 g/mol. The van der Waals surface area contributed by atoms with Gasteiger partial charge in [-0.1, -0.05) is 72.6 Å². The van der Waals surface area contributed by atoms with Crippen LogP contribution in [-0.2, 0) is 11.8 Å². The van der Waals surface area contributed by atoms with Gasteiger partial charge < -0.3 is 0 Å². The summed E-state index contributed by atoms with van der Waals surface area (Å²) in [5, 5.41) is 6.25. The number of hydrogen-bond donors (Lipinski definition) is 0. The van der Waals surface area contributed by atoms with Crippen LogP contribution in [-0.4, -0.2) is 15.4 Å². The SMILES string of the molecule is CCc1nc2ccccc2c(=O)n1/N=C1\CCC1(c1ccc(C)cc1)c1ccc(Cl)cc1. The second kappa shape index (κ2) is 8.03. The normalized spacial score (nSPS) is 19.3. The molecule has 1 atom stereocenters. The smallest absolute Gasteiger partial charge is 0.267 e. The molecule has 1 aromatic heterocycles. The topological polar surface area (TPSA) is 47.2 Å². The molecule has 32 heavy (non-hydrogen) atoms. The van der Waals surface area contributed by atoms with Gasteiger partial charge in [0.25, 0.3) is 5.56 Å². The summed E-state index contributed by atoms with van der Waals surface area (Å²) in [6, 6.07) is 24.0. The summed E-state index contributed by atoms with van der Waals surface area (Å²) in [4.78, 5) is 18.1. The van der Waals surface area contributed by atoms with E-state index in [0.29, 0.717) is 28.2 Å². The third-order valence-electron chi connectivity index (χ3n) is 6.47. The van der Waals surface area contributed by atoms with Crippen molar-refractivity contribution >= 4 is 28.2 Å². The summed E-state index contributed by atoms with van der Waals surface area (Å²) >= 11 is 6.19. The van der Waals surface area contributed by atoms with Gasteiger partial charge in [0.2, 0.25) is 0 Å². The van der Waals surface area contributed by atoms with Gasteiger partial charge in [-0.2, -0.15) is 9.78 Å². The minimum atomic E-state index is -0.381. The van der Waals surface area contributed by atoms with Crippen LogP contribution in [0.15, 0.2) is 82.7 Å². The Morgan fingerprint density at radius 3 is 2.28 bits per heavy atom. The Kier molecular flexibility index (Phi) is 5.18. The fourth-order valence-electron chi connectivity index (χ4n) is 4.61. The highest BCUT2D eigenvalue weighted by Gasteiger charge is 2.47. The predicted octanol–water partition coefficient (Wildman–Crippen LogP) is 5.90. The van der Waals surface area contributed by atoms with Crippen molar-refractivity contribution in [1.29, 1.82) is 0 Å². The van der Waals surface area contributed by atoms with E-state index in [9.17, 15) is 4.79 Å². The first-order valence-corrected chi connectivity index (χ1v) is 11.3. The molecule has 0 spiro atoms. The van der Waals surface area contributed by atoms with Crippen molar-refractivity contribution in [3.05, 3.63) is 111 Å². The summed E-state index contributed by atoms with van der Waals surface area (Å²) in [5.41, 5.74) is 4.70. The summed E-state index contributed by atoms with van der Waals surface area (Å²) < 4.78 is 1.51. The van der Waals surface area contributed by atoms with Crippen molar-refractivity contribution in [2.24, 2.45) is 5.10 Å². The summed E-state index contributed by atoms with van der Waals surface area (Å²) in [6.07, 6.45) is 2.36. The molecule has 0 aliphatic heterocycles. The number of para-hydroxylation sites is 1. The molecule has 1 saturated carbocycles. The third kappa shape index (κ3) is 3.26. The van der Waals surface area contributed by atoms with Gasteiger partial charge >= 0.3 is 0 Å². The number of hydrogen-bond acceptors (Lipinski definition) is 3. The molecule has 4 aromatic rings. The largest absolute Gasteiger partial charge is 0.282 e. The molecule has 0 bridgehead atoms. The van der Waals surface area contributed by atoms with Gasteiger partial charge in [-0.25, -0.2) is 4.98 Å². The highest BCUT2D eigenvalue weighted by atomic mass is 35.5. The van der Waals surface area contributed by atoms with Crippen molar-refractivity contribution in [3.63, 3.8) is 0 Å². The molecule has 0 radical (unpaired) electrons. The first-order chi connectivity index (χ1) is 15.5. The van der Waals surface area contributed by atoms with Gasteiger partial charge in [0, 0.05) is 11.4 Å². The maximum Gasteiger partial charge on any atom is 0.282 e.